The lowest BCUT2D eigenvalue weighted by Crippen LogP contribution is -2.64. The van der Waals surface area contributed by atoms with Gasteiger partial charge in [-0.25, -0.2) is 4.79 Å². The summed E-state index contributed by atoms with van der Waals surface area (Å²) in [6, 6.07) is 0. The zero-order valence-corrected chi connectivity index (χ0v) is 46.1. The molecule has 0 radical (unpaired) electrons. The minimum Gasteiger partial charge on any atom is -0.444 e. The third-order valence-corrected chi connectivity index (χ3v) is 26.9. The Morgan fingerprint density at radius 3 is 2.04 bits per heavy atom. The summed E-state index contributed by atoms with van der Waals surface area (Å²) in [5.41, 5.74) is 2.14. The lowest BCUT2D eigenvalue weighted by atomic mass is 9.78. The van der Waals surface area contributed by atoms with Crippen LogP contribution in [0.5, 0.6) is 0 Å². The highest BCUT2D eigenvalue weighted by Gasteiger charge is 2.55. The fourth-order valence-corrected chi connectivity index (χ4v) is 14.0. The molecule has 12 nitrogen and oxygen atoms in total. The van der Waals surface area contributed by atoms with Gasteiger partial charge >= 0.3 is 6.09 Å². The second-order valence-electron chi connectivity index (χ2n) is 25.1. The number of alkyl carbamates (subject to hydrolysis) is 1. The third-order valence-electron chi connectivity index (χ3n) is 17.9. The van der Waals surface area contributed by atoms with E-state index >= 15 is 0 Å². The molecule has 1 unspecified atom stereocenters. The van der Waals surface area contributed by atoms with Gasteiger partial charge in [-0.3, -0.25) is 9.59 Å². The Kier molecular flexibility index (Phi) is 16.8. The maximum atomic E-state index is 14.5. The molecule has 17 atom stereocenters. The molecular weight excluding hydrogens is 895 g/mol. The van der Waals surface area contributed by atoms with Crippen LogP contribution in [0.15, 0.2) is 36.5 Å². The predicted molar refractivity (Wildman–Crippen MR) is 270 cm³/mol. The van der Waals surface area contributed by atoms with Crippen molar-refractivity contribution in [2.75, 3.05) is 6.54 Å². The number of Topliss-reactive ketones (excluding diaryl/α,β-unsaturated/α-hetero) is 1. The molecule has 384 valence electrons. The van der Waals surface area contributed by atoms with Gasteiger partial charge in [0.05, 0.1) is 73.7 Å². The SMILES string of the molecule is C=C1C[C@@H]2CCC(=O)/C=C/[C@H](O[Si](C)(C)C(C)(C)C)[C@@H]3OC4CC[C@H](CC(=O)C[C@@H]5[C@@H](C)[C@@H](C[C@H]6CNC(=O)O6)O[C@H]5C[C@H]5O[C@@H](CC[C@@H]1O2)C[C@@H](C)C5=C)O[C@@H]4[C@H](C)[C@@H]3O[Si](C)(C)C(C)(C)C. The van der Waals surface area contributed by atoms with Crippen molar-refractivity contribution < 1.29 is 51.7 Å². The summed E-state index contributed by atoms with van der Waals surface area (Å²) in [6.07, 6.45) is 7.56. The summed E-state index contributed by atoms with van der Waals surface area (Å²) >= 11 is 0. The Balaban J connectivity index is 1.19. The molecule has 1 N–H and O–H groups in total. The maximum Gasteiger partial charge on any atom is 0.407 e. The molecule has 0 spiro atoms. The predicted octanol–water partition coefficient (Wildman–Crippen LogP) is 10.7. The van der Waals surface area contributed by atoms with E-state index in [-0.39, 0.29) is 112 Å². The standard InChI is InChI=1S/C54H89NO11Si2/c1-31-24-39-19-22-43-32(2)25-38(59-43)18-16-36(56)17-21-45(65-67(12,13)53(6,7)8)51-50(66-68(14,15)54(9,10)11)35(5)49-44(64-51)23-20-40(61-49)26-37(57)27-42-34(4)46(28-41-30-55-52(58)62-41)63-48(42)29-47(60-39)33(31)3/h17,21,31,34-35,38-51H,2-3,16,18-20,22-30H2,1,4-15H3,(H,55,58)/b21-17+/t31-,34-,35+,38+,39+,40-,41+,42-,43+,44?,45+,46-,47-,48+,49-,50+,51+/m1/s1. The Bertz CT molecular complexity index is 1870. The van der Waals surface area contributed by atoms with E-state index in [2.05, 4.69) is 107 Å². The highest BCUT2D eigenvalue weighted by molar-refractivity contribution is 6.74. The molecule has 9 aliphatic rings. The van der Waals surface area contributed by atoms with E-state index in [0.717, 1.165) is 43.3 Å². The van der Waals surface area contributed by atoms with Crippen LogP contribution in [0.4, 0.5) is 4.79 Å². The number of cyclic esters (lactones) is 1. The first-order valence-electron chi connectivity index (χ1n) is 26.4. The molecule has 0 aromatic rings. The molecule has 1 amide bonds. The summed E-state index contributed by atoms with van der Waals surface area (Å²) in [7, 11) is -4.78. The summed E-state index contributed by atoms with van der Waals surface area (Å²) in [6.45, 7) is 38.6. The largest absolute Gasteiger partial charge is 0.444 e. The van der Waals surface area contributed by atoms with E-state index in [4.69, 9.17) is 37.3 Å². The van der Waals surface area contributed by atoms with Crippen molar-refractivity contribution >= 4 is 34.3 Å². The number of amides is 1. The summed E-state index contributed by atoms with van der Waals surface area (Å²) in [4.78, 5) is 40.4. The van der Waals surface area contributed by atoms with Crippen LogP contribution in [0.25, 0.3) is 0 Å². The van der Waals surface area contributed by atoms with Crippen molar-refractivity contribution in [1.82, 2.24) is 5.32 Å². The normalized spacial score (nSPS) is 41.1. The Hall–Kier alpha value is -2.02. The number of rotatable bonds is 6. The first-order chi connectivity index (χ1) is 31.7. The molecule has 0 saturated carbocycles. The quantitative estimate of drug-likeness (QED) is 0.201. The van der Waals surface area contributed by atoms with Crippen LogP contribution in [-0.4, -0.2) is 120 Å². The van der Waals surface area contributed by atoms with Gasteiger partial charge in [-0.2, -0.15) is 0 Å². The van der Waals surface area contributed by atoms with E-state index in [1.54, 1.807) is 6.08 Å². The van der Waals surface area contributed by atoms with Crippen LogP contribution in [0.1, 0.15) is 139 Å². The number of ketones is 2. The number of carbonyl (C=O) groups is 3. The van der Waals surface area contributed by atoms with Crippen molar-refractivity contribution in [2.45, 2.75) is 255 Å². The van der Waals surface area contributed by atoms with Gasteiger partial charge < -0.3 is 42.6 Å². The van der Waals surface area contributed by atoms with Gasteiger partial charge in [0.2, 0.25) is 0 Å². The maximum absolute atomic E-state index is 14.5. The van der Waals surface area contributed by atoms with Crippen LogP contribution < -0.4 is 5.32 Å². The minimum atomic E-state index is -2.40. The second kappa shape index (κ2) is 21.2. The van der Waals surface area contributed by atoms with Crippen molar-refractivity contribution in [3.63, 3.8) is 0 Å². The van der Waals surface area contributed by atoms with E-state index in [0.29, 0.717) is 51.5 Å². The number of ether oxygens (including phenoxy) is 6. The van der Waals surface area contributed by atoms with Crippen molar-refractivity contribution in [2.24, 2.45) is 23.7 Å². The van der Waals surface area contributed by atoms with Gasteiger partial charge in [0.15, 0.2) is 22.4 Å². The molecule has 14 heteroatoms. The first kappa shape index (κ1) is 53.8. The highest BCUT2D eigenvalue weighted by Crippen LogP contribution is 2.47. The molecule has 9 rings (SSSR count). The zero-order chi connectivity index (χ0) is 49.7. The lowest BCUT2D eigenvalue weighted by molar-refractivity contribution is -0.251. The van der Waals surface area contributed by atoms with E-state index in [1.165, 1.54) is 0 Å². The number of hydrogen-bond acceptors (Lipinski definition) is 11. The summed E-state index contributed by atoms with van der Waals surface area (Å²) in [5, 5.41) is 2.63. The van der Waals surface area contributed by atoms with Gasteiger partial charge in [0.1, 0.15) is 18.0 Å². The molecular formula is C54H89NO11Si2. The van der Waals surface area contributed by atoms with Crippen LogP contribution in [0, 0.1) is 23.7 Å². The second-order valence-corrected chi connectivity index (χ2v) is 34.6. The van der Waals surface area contributed by atoms with E-state index in [1.807, 2.05) is 6.08 Å². The summed E-state index contributed by atoms with van der Waals surface area (Å²) < 4.78 is 55.0. The number of carbonyl (C=O) groups excluding carboxylic acids is 3. The average molecular weight is 984 g/mol. The third kappa shape index (κ3) is 12.4. The molecule has 0 aromatic heterocycles. The topological polar surface area (TPSA) is 137 Å². The molecule has 6 saturated heterocycles. The monoisotopic (exact) mass is 984 g/mol. The first-order valence-corrected chi connectivity index (χ1v) is 32.2. The Morgan fingerprint density at radius 1 is 0.706 bits per heavy atom. The smallest absolute Gasteiger partial charge is 0.407 e. The van der Waals surface area contributed by atoms with Gasteiger partial charge in [-0.05, 0) is 116 Å². The van der Waals surface area contributed by atoms with Crippen molar-refractivity contribution in [1.29, 1.82) is 0 Å². The number of nitrogens with one attached hydrogen (secondary N) is 1. The Morgan fingerprint density at radius 2 is 1.37 bits per heavy atom. The molecule has 9 heterocycles. The molecule has 0 aromatic carbocycles. The molecule has 6 fully saturated rings. The van der Waals surface area contributed by atoms with E-state index in [9.17, 15) is 14.4 Å². The molecule has 68 heavy (non-hydrogen) atoms. The molecule has 0 aliphatic carbocycles. The summed E-state index contributed by atoms with van der Waals surface area (Å²) in [5.74, 6) is 0.378. The van der Waals surface area contributed by atoms with Crippen LogP contribution in [0.2, 0.25) is 36.3 Å². The van der Waals surface area contributed by atoms with Gasteiger partial charge in [0, 0.05) is 38.0 Å². The van der Waals surface area contributed by atoms with Crippen LogP contribution >= 0.6 is 0 Å². The fourth-order valence-electron chi connectivity index (χ4n) is 11.4. The Labute approximate surface area is 411 Å². The van der Waals surface area contributed by atoms with Gasteiger partial charge in [0.25, 0.3) is 0 Å². The molecule has 9 aliphatic heterocycles. The van der Waals surface area contributed by atoms with Crippen molar-refractivity contribution in [3.05, 3.63) is 36.5 Å². The van der Waals surface area contributed by atoms with Gasteiger partial charge in [-0.15, -0.1) is 0 Å². The minimum absolute atomic E-state index is 0.0160. The van der Waals surface area contributed by atoms with Gasteiger partial charge in [-0.1, -0.05) is 81.5 Å². The number of allylic oxidation sites excluding steroid dienone is 1. The highest BCUT2D eigenvalue weighted by atomic mass is 28.4. The molecule has 8 bridgehead atoms. The lowest BCUT2D eigenvalue weighted by Gasteiger charge is -2.54. The average Bonchev–Trinajstić information content (AvgIpc) is 3.91. The number of hydrogen-bond donors (Lipinski definition) is 1. The fraction of sp³-hybridized carbons (Fsp3) is 0.833. The zero-order valence-electron chi connectivity index (χ0n) is 44.1. The van der Waals surface area contributed by atoms with Crippen LogP contribution in [0.3, 0.4) is 0 Å². The number of fused-ring (bicyclic) bond motifs is 2. The van der Waals surface area contributed by atoms with Crippen molar-refractivity contribution in [3.8, 4) is 0 Å². The van der Waals surface area contributed by atoms with Crippen LogP contribution in [-0.2, 0) is 46.9 Å². The van der Waals surface area contributed by atoms with E-state index < -0.39 is 34.9 Å².